The van der Waals surface area contributed by atoms with Crippen molar-refractivity contribution in [2.24, 2.45) is 0 Å². The molecule has 6 nitrogen and oxygen atoms in total. The third kappa shape index (κ3) is 8.25. The lowest BCUT2D eigenvalue weighted by Gasteiger charge is -2.22. The molecule has 0 atom stereocenters. The number of aromatic nitrogens is 4. The first kappa shape index (κ1) is 29.2. The van der Waals surface area contributed by atoms with Gasteiger partial charge in [0.25, 0.3) is 0 Å². The van der Waals surface area contributed by atoms with Gasteiger partial charge < -0.3 is 0 Å². The largest absolute Gasteiger partial charge is 0.294 e. The van der Waals surface area contributed by atoms with Crippen LogP contribution in [0.5, 0.6) is 0 Å². The molecule has 0 unspecified atom stereocenters. The summed E-state index contributed by atoms with van der Waals surface area (Å²) in [6.07, 6.45) is 20.4. The Morgan fingerprint density at radius 3 is 1.71 bits per heavy atom. The fourth-order valence-corrected chi connectivity index (χ4v) is 6.21. The zero-order valence-electron chi connectivity index (χ0n) is 22.0. The van der Waals surface area contributed by atoms with Gasteiger partial charge in [-0.25, -0.2) is 12.9 Å². The second-order valence-electron chi connectivity index (χ2n) is 10.4. The van der Waals surface area contributed by atoms with Crippen LogP contribution >= 0.6 is 11.6 Å². The summed E-state index contributed by atoms with van der Waals surface area (Å²) in [5, 5.41) is 11.8. The van der Waals surface area contributed by atoms with Gasteiger partial charge in [-0.1, -0.05) is 115 Å². The lowest BCUT2D eigenvalue weighted by atomic mass is 10.0. The minimum Gasteiger partial charge on any atom is -0.294 e. The van der Waals surface area contributed by atoms with Crippen LogP contribution in [0.15, 0.2) is 0 Å². The molecule has 0 radical (unpaired) electrons. The smallest absolute Gasteiger partial charge is 0.196 e. The molecular formula is C26H47ClN4O2S. The fraction of sp³-hybridized carbons (Fsp3) is 0.846. The molecule has 0 amide bonds. The quantitative estimate of drug-likeness (QED) is 0.193. The van der Waals surface area contributed by atoms with Crippen molar-refractivity contribution in [1.82, 2.24) is 19.8 Å². The molecule has 2 rings (SSSR count). The molecule has 8 heteroatoms. The number of unbranched alkanes of at least 4 members (excludes halogenated alkanes) is 15. The normalized spacial score (nSPS) is 12.7. The number of aromatic amines is 1. The molecule has 2 aromatic rings. The predicted octanol–water partition coefficient (Wildman–Crippen LogP) is 7.93. The standard InChI is InChI=1S/C26H47ClN4O2S/c1-5-6-7-8-9-10-11-12-13-14-15-16-17-18-19-20-21-34(32,33)26(3,4)25-29-28-24-23(27)22(2)30-31(24)25/h30H,5-21H2,1-4H3. The number of hydrogen-bond donors (Lipinski definition) is 1. The molecule has 0 aromatic carbocycles. The molecule has 0 fully saturated rings. The van der Waals surface area contributed by atoms with Crippen LogP contribution in [-0.4, -0.2) is 34.0 Å². The summed E-state index contributed by atoms with van der Waals surface area (Å²) in [6.45, 7) is 7.51. The van der Waals surface area contributed by atoms with Gasteiger partial charge in [0.15, 0.2) is 21.3 Å². The van der Waals surface area contributed by atoms with Crippen LogP contribution in [0.4, 0.5) is 0 Å². The van der Waals surface area contributed by atoms with Gasteiger partial charge >= 0.3 is 0 Å². The van der Waals surface area contributed by atoms with Crippen LogP contribution in [0.3, 0.4) is 0 Å². The van der Waals surface area contributed by atoms with E-state index in [0.29, 0.717) is 22.9 Å². The number of rotatable bonds is 19. The van der Waals surface area contributed by atoms with Gasteiger partial charge in [0.2, 0.25) is 0 Å². The molecule has 0 spiro atoms. The van der Waals surface area contributed by atoms with E-state index in [2.05, 4.69) is 22.2 Å². The van der Waals surface area contributed by atoms with Gasteiger partial charge in [-0.15, -0.1) is 10.2 Å². The Labute approximate surface area is 212 Å². The van der Waals surface area contributed by atoms with Crippen molar-refractivity contribution in [3.8, 4) is 0 Å². The molecule has 0 aliphatic rings. The molecule has 1 N–H and O–H groups in total. The van der Waals surface area contributed by atoms with E-state index in [4.69, 9.17) is 11.6 Å². The van der Waals surface area contributed by atoms with E-state index < -0.39 is 14.6 Å². The van der Waals surface area contributed by atoms with E-state index in [1.54, 1.807) is 18.4 Å². The average Bonchev–Trinajstić information content (AvgIpc) is 3.33. The van der Waals surface area contributed by atoms with E-state index in [9.17, 15) is 8.42 Å². The summed E-state index contributed by atoms with van der Waals surface area (Å²) in [6, 6.07) is 0. The predicted molar refractivity (Wildman–Crippen MR) is 143 cm³/mol. The monoisotopic (exact) mass is 514 g/mol. The Morgan fingerprint density at radius 1 is 0.794 bits per heavy atom. The van der Waals surface area contributed by atoms with Gasteiger partial charge in [0.05, 0.1) is 11.4 Å². The lowest BCUT2D eigenvalue weighted by molar-refractivity contribution is 0.524. The van der Waals surface area contributed by atoms with Crippen LogP contribution in [0.2, 0.25) is 5.02 Å². The number of sulfone groups is 1. The Morgan fingerprint density at radius 2 is 1.24 bits per heavy atom. The van der Waals surface area contributed by atoms with Gasteiger partial charge in [0.1, 0.15) is 9.77 Å². The molecule has 0 bridgehead atoms. The fourth-order valence-electron chi connectivity index (χ4n) is 4.54. The highest BCUT2D eigenvalue weighted by atomic mass is 35.5. The summed E-state index contributed by atoms with van der Waals surface area (Å²) in [5.41, 5.74) is 1.22. The van der Waals surface area contributed by atoms with E-state index in [0.717, 1.165) is 18.5 Å². The zero-order chi connectivity index (χ0) is 25.0. The van der Waals surface area contributed by atoms with Crippen LogP contribution in [0.25, 0.3) is 5.65 Å². The first-order chi connectivity index (χ1) is 16.2. The first-order valence-electron chi connectivity index (χ1n) is 13.5. The van der Waals surface area contributed by atoms with Crippen molar-refractivity contribution < 1.29 is 8.42 Å². The molecule has 0 saturated heterocycles. The molecule has 34 heavy (non-hydrogen) atoms. The summed E-state index contributed by atoms with van der Waals surface area (Å²) >= 11 is 6.23. The van der Waals surface area contributed by atoms with Crippen LogP contribution in [0.1, 0.15) is 135 Å². The van der Waals surface area contributed by atoms with Crippen LogP contribution in [-0.2, 0) is 14.6 Å². The number of aryl methyl sites for hydroxylation is 1. The minimum atomic E-state index is -3.38. The number of fused-ring (bicyclic) bond motifs is 1. The zero-order valence-corrected chi connectivity index (χ0v) is 23.5. The third-order valence-corrected chi connectivity index (χ3v) is 10.1. The average molecular weight is 515 g/mol. The van der Waals surface area contributed by atoms with Crippen molar-refractivity contribution in [3.05, 3.63) is 16.5 Å². The number of halogens is 1. The summed E-state index contributed by atoms with van der Waals surface area (Å²) in [4.78, 5) is 0. The number of nitrogens with zero attached hydrogens (tertiary/aromatic N) is 3. The first-order valence-corrected chi connectivity index (χ1v) is 15.6. The summed E-state index contributed by atoms with van der Waals surface area (Å²) < 4.78 is 26.7. The molecular weight excluding hydrogens is 468 g/mol. The molecule has 196 valence electrons. The maximum Gasteiger partial charge on any atom is 0.196 e. The Kier molecular flexibility index (Phi) is 12.4. The minimum absolute atomic E-state index is 0.167. The molecule has 2 heterocycles. The van der Waals surface area contributed by atoms with Gasteiger partial charge in [-0.05, 0) is 27.2 Å². The maximum atomic E-state index is 13.1. The Bertz CT molecular complexity index is 950. The van der Waals surface area contributed by atoms with Crippen LogP contribution < -0.4 is 0 Å². The second-order valence-corrected chi connectivity index (χ2v) is 13.4. The number of nitrogens with one attached hydrogen (secondary N) is 1. The highest BCUT2D eigenvalue weighted by molar-refractivity contribution is 7.92. The second kappa shape index (κ2) is 14.5. The topological polar surface area (TPSA) is 80.1 Å². The molecule has 0 aliphatic heterocycles. The van der Waals surface area contributed by atoms with Gasteiger partial charge in [-0.3, -0.25) is 5.10 Å². The van der Waals surface area contributed by atoms with Crippen molar-refractivity contribution in [1.29, 1.82) is 0 Å². The van der Waals surface area contributed by atoms with Gasteiger partial charge in [0, 0.05) is 0 Å². The highest BCUT2D eigenvalue weighted by Gasteiger charge is 2.40. The molecule has 0 saturated carbocycles. The Hall–Kier alpha value is -1.08. The Balaban J connectivity index is 1.56. The number of H-pyrrole nitrogens is 1. The molecule has 0 aliphatic carbocycles. The third-order valence-electron chi connectivity index (χ3n) is 7.05. The van der Waals surface area contributed by atoms with Crippen molar-refractivity contribution in [3.63, 3.8) is 0 Å². The van der Waals surface area contributed by atoms with Crippen LogP contribution in [0, 0.1) is 6.92 Å². The maximum absolute atomic E-state index is 13.1. The number of hydrogen-bond acceptors (Lipinski definition) is 4. The van der Waals surface area contributed by atoms with E-state index in [1.807, 2.05) is 6.92 Å². The van der Waals surface area contributed by atoms with E-state index in [-0.39, 0.29) is 5.75 Å². The van der Waals surface area contributed by atoms with E-state index >= 15 is 0 Å². The van der Waals surface area contributed by atoms with Crippen molar-refractivity contribution in [2.45, 2.75) is 135 Å². The lowest BCUT2D eigenvalue weighted by Crippen LogP contribution is -2.34. The summed E-state index contributed by atoms with van der Waals surface area (Å²) in [5.74, 6) is 0.551. The van der Waals surface area contributed by atoms with E-state index in [1.165, 1.54) is 83.5 Å². The van der Waals surface area contributed by atoms with Crippen molar-refractivity contribution >= 4 is 27.1 Å². The summed E-state index contributed by atoms with van der Waals surface area (Å²) in [7, 11) is -3.38. The molecule has 2 aromatic heterocycles. The van der Waals surface area contributed by atoms with Crippen molar-refractivity contribution in [2.75, 3.05) is 5.75 Å². The van der Waals surface area contributed by atoms with Gasteiger partial charge in [-0.2, -0.15) is 0 Å². The highest BCUT2D eigenvalue weighted by Crippen LogP contribution is 2.32. The SMILES string of the molecule is CCCCCCCCCCCCCCCCCCS(=O)(=O)C(C)(C)c1nnc2c(Cl)c(C)[nH]n12.